The summed E-state index contributed by atoms with van der Waals surface area (Å²) in [4.78, 5) is 16.6. The molecular weight excluding hydrogens is 617 g/mol. The van der Waals surface area contributed by atoms with Crippen molar-refractivity contribution in [3.63, 3.8) is 0 Å². The van der Waals surface area contributed by atoms with E-state index in [0.717, 1.165) is 24.3 Å². The van der Waals surface area contributed by atoms with Crippen molar-refractivity contribution in [1.82, 2.24) is 10.3 Å². The van der Waals surface area contributed by atoms with Crippen LogP contribution in [0.1, 0.15) is 22.4 Å². The highest BCUT2D eigenvalue weighted by Crippen LogP contribution is 2.39. The molecule has 43 heavy (non-hydrogen) atoms. The molecule has 4 rings (SSSR count). The standard InChI is InChI=1S/C27H18F9N3O3S/c28-25(29,30)21-15-43-23(37-21)38-22(40)39-24(14-16-6-2-1-3-7-16,17-8-4-10-19(12-17)41-26(31,32)33)18-9-5-11-20(13-18)42-27(34,35)36/h1-13,15H,14H2,(H2,37,38,39,40). The van der Waals surface area contributed by atoms with E-state index in [1.165, 1.54) is 24.3 Å². The smallest absolute Gasteiger partial charge is 0.406 e. The van der Waals surface area contributed by atoms with E-state index in [9.17, 15) is 44.3 Å². The van der Waals surface area contributed by atoms with Gasteiger partial charge in [0.15, 0.2) is 10.8 Å². The van der Waals surface area contributed by atoms with Gasteiger partial charge in [-0.25, -0.2) is 9.78 Å². The summed E-state index contributed by atoms with van der Waals surface area (Å²) in [5.74, 6) is -1.41. The fourth-order valence-electron chi connectivity index (χ4n) is 4.16. The van der Waals surface area contributed by atoms with Gasteiger partial charge in [-0.05, 0) is 41.0 Å². The highest BCUT2D eigenvalue weighted by atomic mass is 32.1. The van der Waals surface area contributed by atoms with Crippen molar-refractivity contribution in [3.8, 4) is 11.5 Å². The van der Waals surface area contributed by atoms with Crippen LogP contribution in [0.3, 0.4) is 0 Å². The molecule has 0 fully saturated rings. The minimum absolute atomic E-state index is 0.0764. The molecule has 0 radical (unpaired) electrons. The summed E-state index contributed by atoms with van der Waals surface area (Å²) < 4.78 is 126. The Morgan fingerprint density at radius 3 is 1.74 bits per heavy atom. The Morgan fingerprint density at radius 1 is 0.744 bits per heavy atom. The second-order valence-electron chi connectivity index (χ2n) is 8.83. The Hall–Kier alpha value is -4.47. The van der Waals surface area contributed by atoms with E-state index in [1.807, 2.05) is 0 Å². The van der Waals surface area contributed by atoms with Gasteiger partial charge in [-0.2, -0.15) is 13.2 Å². The minimum atomic E-state index is -5.10. The van der Waals surface area contributed by atoms with Crippen LogP contribution in [0.25, 0.3) is 0 Å². The molecule has 0 atom stereocenters. The number of carbonyl (C=O) groups is 1. The number of hydrogen-bond donors (Lipinski definition) is 2. The lowest BCUT2D eigenvalue weighted by Crippen LogP contribution is -2.50. The zero-order chi connectivity index (χ0) is 31.5. The Balaban J connectivity index is 1.87. The van der Waals surface area contributed by atoms with Crippen molar-refractivity contribution >= 4 is 22.5 Å². The molecule has 2 amide bonds. The topological polar surface area (TPSA) is 72.5 Å². The third kappa shape index (κ3) is 8.53. The molecule has 3 aromatic carbocycles. The largest absolute Gasteiger partial charge is 0.573 e. The molecule has 0 saturated heterocycles. The normalized spacial score (nSPS) is 12.5. The first-order valence-electron chi connectivity index (χ1n) is 11.9. The molecule has 1 heterocycles. The zero-order valence-electron chi connectivity index (χ0n) is 21.3. The summed E-state index contributed by atoms with van der Waals surface area (Å²) in [7, 11) is 0. The number of alkyl halides is 9. The molecule has 0 aliphatic rings. The molecule has 0 spiro atoms. The van der Waals surface area contributed by atoms with E-state index in [2.05, 4.69) is 25.1 Å². The molecule has 0 saturated carbocycles. The average molecular weight is 636 g/mol. The first-order valence-corrected chi connectivity index (χ1v) is 12.8. The number of aromatic nitrogens is 1. The number of nitrogens with zero attached hydrogens (tertiary/aromatic N) is 1. The summed E-state index contributed by atoms with van der Waals surface area (Å²) in [6.07, 6.45) is -15.3. The summed E-state index contributed by atoms with van der Waals surface area (Å²) in [5, 5.41) is 4.89. The summed E-state index contributed by atoms with van der Waals surface area (Å²) in [6, 6.07) is 15.6. The van der Waals surface area contributed by atoms with E-state index in [4.69, 9.17) is 0 Å². The number of halogens is 9. The van der Waals surface area contributed by atoms with Crippen LogP contribution in [0.4, 0.5) is 49.4 Å². The molecule has 2 N–H and O–H groups in total. The maximum atomic E-state index is 13.3. The van der Waals surface area contributed by atoms with Crippen LogP contribution >= 0.6 is 11.3 Å². The highest BCUT2D eigenvalue weighted by molar-refractivity contribution is 7.13. The number of hydrogen-bond acceptors (Lipinski definition) is 5. The monoisotopic (exact) mass is 635 g/mol. The lowest BCUT2D eigenvalue weighted by Gasteiger charge is -2.37. The number of thiazole rings is 1. The maximum absolute atomic E-state index is 13.3. The molecule has 1 aromatic heterocycles. The number of rotatable bonds is 8. The van der Waals surface area contributed by atoms with Crippen molar-refractivity contribution in [1.29, 1.82) is 0 Å². The van der Waals surface area contributed by atoms with Crippen molar-refractivity contribution in [2.75, 3.05) is 5.32 Å². The lowest BCUT2D eigenvalue weighted by atomic mass is 9.77. The maximum Gasteiger partial charge on any atom is 0.573 e. The molecule has 0 unspecified atom stereocenters. The molecule has 4 aromatic rings. The SMILES string of the molecule is O=C(Nc1nc(C(F)(F)F)cs1)NC(Cc1ccccc1)(c1cccc(OC(F)(F)F)c1)c1cccc(OC(F)(F)F)c1. The Morgan fingerprint density at radius 2 is 1.28 bits per heavy atom. The summed E-state index contributed by atoms with van der Waals surface area (Å²) in [6.45, 7) is 0. The fraction of sp³-hybridized carbons (Fsp3) is 0.185. The van der Waals surface area contributed by atoms with E-state index in [0.29, 0.717) is 22.3 Å². The second-order valence-corrected chi connectivity index (χ2v) is 9.69. The number of ether oxygens (including phenoxy) is 2. The van der Waals surface area contributed by atoms with Crippen LogP contribution in [-0.2, 0) is 18.1 Å². The number of benzene rings is 3. The van der Waals surface area contributed by atoms with Crippen LogP contribution < -0.4 is 20.1 Å². The van der Waals surface area contributed by atoms with Gasteiger partial charge in [0.05, 0.1) is 5.54 Å². The number of nitrogens with one attached hydrogen (secondary N) is 2. The average Bonchev–Trinajstić information content (AvgIpc) is 3.36. The molecule has 0 aliphatic heterocycles. The van der Waals surface area contributed by atoms with E-state index in [-0.39, 0.29) is 17.5 Å². The predicted octanol–water partition coefficient (Wildman–Crippen LogP) is 8.27. The Kier molecular flexibility index (Phi) is 8.80. The zero-order valence-corrected chi connectivity index (χ0v) is 22.1. The van der Waals surface area contributed by atoms with Gasteiger partial charge in [-0.15, -0.1) is 37.7 Å². The van der Waals surface area contributed by atoms with Gasteiger partial charge in [0.25, 0.3) is 0 Å². The van der Waals surface area contributed by atoms with Crippen molar-refractivity contribution in [2.24, 2.45) is 0 Å². The van der Waals surface area contributed by atoms with E-state index < -0.39 is 52.8 Å². The molecule has 0 aliphatic carbocycles. The third-order valence-corrected chi connectivity index (χ3v) is 6.53. The molecule has 6 nitrogen and oxygen atoms in total. The Bertz CT molecular complexity index is 1500. The first-order chi connectivity index (χ1) is 20.0. The molecule has 228 valence electrons. The van der Waals surface area contributed by atoms with E-state index in [1.54, 1.807) is 30.3 Å². The molecule has 0 bridgehead atoms. The van der Waals surface area contributed by atoms with Crippen LogP contribution in [0.5, 0.6) is 11.5 Å². The van der Waals surface area contributed by atoms with Crippen molar-refractivity contribution < 1.29 is 53.8 Å². The highest BCUT2D eigenvalue weighted by Gasteiger charge is 2.40. The van der Waals surface area contributed by atoms with Gasteiger partial charge < -0.3 is 14.8 Å². The van der Waals surface area contributed by atoms with Crippen molar-refractivity contribution in [3.05, 3.63) is 107 Å². The Labute approximate surface area is 241 Å². The summed E-state index contributed by atoms with van der Waals surface area (Å²) in [5.41, 5.74) is -2.90. The number of carbonyl (C=O) groups excluding carboxylic acids is 1. The number of amides is 2. The first kappa shape index (κ1) is 31.5. The molecule has 16 heteroatoms. The third-order valence-electron chi connectivity index (χ3n) is 5.77. The number of anilines is 1. The number of urea groups is 1. The predicted molar refractivity (Wildman–Crippen MR) is 136 cm³/mol. The summed E-state index contributed by atoms with van der Waals surface area (Å²) >= 11 is 0.451. The van der Waals surface area contributed by atoms with Gasteiger partial charge >= 0.3 is 24.9 Å². The molecular formula is C27H18F9N3O3S. The fourth-order valence-corrected chi connectivity index (χ4v) is 4.87. The van der Waals surface area contributed by atoms with Crippen molar-refractivity contribution in [2.45, 2.75) is 30.9 Å². The van der Waals surface area contributed by atoms with Crippen LogP contribution in [-0.4, -0.2) is 23.7 Å². The van der Waals surface area contributed by atoms with Crippen LogP contribution in [0, 0.1) is 0 Å². The van der Waals surface area contributed by atoms with Crippen LogP contribution in [0.15, 0.2) is 84.2 Å². The van der Waals surface area contributed by atoms with Gasteiger partial charge in [-0.3, -0.25) is 5.32 Å². The van der Waals surface area contributed by atoms with E-state index >= 15 is 0 Å². The van der Waals surface area contributed by atoms with Gasteiger partial charge in [0.2, 0.25) is 0 Å². The quantitative estimate of drug-likeness (QED) is 0.191. The van der Waals surface area contributed by atoms with Crippen LogP contribution in [0.2, 0.25) is 0 Å². The van der Waals surface area contributed by atoms with Gasteiger partial charge in [0.1, 0.15) is 11.5 Å². The van der Waals surface area contributed by atoms with Gasteiger partial charge in [0, 0.05) is 11.8 Å². The second kappa shape index (κ2) is 12.0. The van der Waals surface area contributed by atoms with Gasteiger partial charge in [-0.1, -0.05) is 54.6 Å². The minimum Gasteiger partial charge on any atom is -0.406 e. The lowest BCUT2D eigenvalue weighted by molar-refractivity contribution is -0.275.